The first-order valence-corrected chi connectivity index (χ1v) is 17.5. The first-order chi connectivity index (χ1) is 25.3. The summed E-state index contributed by atoms with van der Waals surface area (Å²) >= 11 is 0. The molecule has 0 fully saturated rings. The van der Waals surface area contributed by atoms with Gasteiger partial charge in [-0.3, -0.25) is 0 Å². The molecule has 0 aliphatic heterocycles. The largest absolute Gasteiger partial charge is 0.454 e. The van der Waals surface area contributed by atoms with Gasteiger partial charge in [0.25, 0.3) is 0 Å². The highest BCUT2D eigenvalue weighted by Gasteiger charge is 2.24. The maximum atomic E-state index is 6.73. The van der Waals surface area contributed by atoms with Gasteiger partial charge in [0, 0.05) is 49.0 Å². The predicted molar refractivity (Wildman–Crippen MR) is 213 cm³/mol. The molecular formula is C48H30N2O. The van der Waals surface area contributed by atoms with E-state index in [0.717, 1.165) is 55.5 Å². The van der Waals surface area contributed by atoms with Crippen molar-refractivity contribution in [3.05, 3.63) is 182 Å². The molecule has 0 aliphatic carbocycles. The highest BCUT2D eigenvalue weighted by molar-refractivity contribution is 6.22. The number of aromatic nitrogens is 2. The third kappa shape index (κ3) is 4.00. The minimum absolute atomic E-state index is 0.898. The summed E-state index contributed by atoms with van der Waals surface area (Å²) < 4.78 is 11.6. The van der Waals surface area contributed by atoms with E-state index in [0.29, 0.717) is 0 Å². The van der Waals surface area contributed by atoms with Crippen molar-refractivity contribution in [2.45, 2.75) is 0 Å². The van der Waals surface area contributed by atoms with Gasteiger partial charge in [0.15, 0.2) is 5.58 Å². The molecule has 0 spiro atoms. The molecule has 0 radical (unpaired) electrons. The number of furan rings is 1. The molecule has 3 aromatic heterocycles. The Kier molecular flexibility index (Phi) is 5.96. The second-order valence-corrected chi connectivity index (χ2v) is 13.2. The molecule has 3 nitrogen and oxygen atoms in total. The van der Waals surface area contributed by atoms with Gasteiger partial charge in [0.2, 0.25) is 0 Å². The van der Waals surface area contributed by atoms with Gasteiger partial charge in [0.05, 0.1) is 33.4 Å². The molecule has 0 N–H and O–H groups in total. The molecule has 3 heterocycles. The van der Waals surface area contributed by atoms with Crippen LogP contribution in [0.1, 0.15) is 0 Å². The van der Waals surface area contributed by atoms with Crippen LogP contribution in [0.15, 0.2) is 186 Å². The zero-order chi connectivity index (χ0) is 33.5. The molecule has 0 unspecified atom stereocenters. The lowest BCUT2D eigenvalue weighted by molar-refractivity contribution is 0.671. The second-order valence-electron chi connectivity index (χ2n) is 13.2. The fraction of sp³-hybridized carbons (Fsp3) is 0. The summed E-state index contributed by atoms with van der Waals surface area (Å²) in [6, 6.07) is 65.5. The quantitative estimate of drug-likeness (QED) is 0.186. The minimum atomic E-state index is 0.898. The lowest BCUT2D eigenvalue weighted by Gasteiger charge is -2.21. The van der Waals surface area contributed by atoms with Crippen molar-refractivity contribution in [1.29, 1.82) is 0 Å². The lowest BCUT2D eigenvalue weighted by Crippen LogP contribution is -2.03. The number of nitrogens with zero attached hydrogens (tertiary/aromatic N) is 2. The van der Waals surface area contributed by atoms with E-state index in [-0.39, 0.29) is 0 Å². The van der Waals surface area contributed by atoms with E-state index in [4.69, 9.17) is 4.42 Å². The van der Waals surface area contributed by atoms with Crippen molar-refractivity contribution in [2.24, 2.45) is 0 Å². The van der Waals surface area contributed by atoms with Crippen molar-refractivity contribution >= 4 is 65.6 Å². The fourth-order valence-corrected chi connectivity index (χ4v) is 8.39. The molecular weight excluding hydrogens is 621 g/mol. The predicted octanol–water partition coefficient (Wildman–Crippen LogP) is 13.1. The van der Waals surface area contributed by atoms with Crippen LogP contribution in [0.2, 0.25) is 0 Å². The number of para-hydroxylation sites is 6. The first kappa shape index (κ1) is 28.0. The van der Waals surface area contributed by atoms with Gasteiger partial charge in [-0.05, 0) is 42.0 Å². The Balaban J connectivity index is 1.30. The minimum Gasteiger partial charge on any atom is -0.454 e. The summed E-state index contributed by atoms with van der Waals surface area (Å²) in [6.07, 6.45) is 0. The number of rotatable bonds is 4. The third-order valence-electron chi connectivity index (χ3n) is 10.5. The van der Waals surface area contributed by atoms with Crippen molar-refractivity contribution in [1.82, 2.24) is 9.13 Å². The monoisotopic (exact) mass is 650 g/mol. The van der Waals surface area contributed by atoms with E-state index >= 15 is 0 Å². The molecule has 238 valence electrons. The highest BCUT2D eigenvalue weighted by Crippen LogP contribution is 2.45. The van der Waals surface area contributed by atoms with Crippen LogP contribution in [0.3, 0.4) is 0 Å². The zero-order valence-electron chi connectivity index (χ0n) is 27.6. The van der Waals surface area contributed by atoms with Crippen molar-refractivity contribution in [2.75, 3.05) is 0 Å². The summed E-state index contributed by atoms with van der Waals surface area (Å²) in [5, 5.41) is 7.10. The Bertz CT molecular complexity index is 3090. The number of benzene rings is 8. The topological polar surface area (TPSA) is 23.0 Å². The molecule has 0 amide bonds. The van der Waals surface area contributed by atoms with Crippen LogP contribution in [0, 0.1) is 0 Å². The standard InChI is InChI=1S/C48H30N2O/c1-2-15-31(16-3-1)32-22-14-23-38(46(32)49-41-24-9-4-17-33(41)34-18-5-10-25-42(34)49)35-19-6-11-26-43(35)50-44-27-12-7-20-36(44)39-29-30-40-37-21-8-13-28-45(37)51-48(40)47(39)50/h1-30H. The Morgan fingerprint density at radius 3 is 1.61 bits per heavy atom. The van der Waals surface area contributed by atoms with E-state index in [1.807, 2.05) is 6.07 Å². The smallest absolute Gasteiger partial charge is 0.160 e. The van der Waals surface area contributed by atoms with Gasteiger partial charge in [0.1, 0.15) is 5.58 Å². The second kappa shape index (κ2) is 10.8. The van der Waals surface area contributed by atoms with Gasteiger partial charge < -0.3 is 13.6 Å². The third-order valence-corrected chi connectivity index (χ3v) is 10.5. The normalized spacial score (nSPS) is 11.9. The molecule has 0 aliphatic rings. The Labute approximate surface area is 293 Å². The van der Waals surface area contributed by atoms with Crippen LogP contribution in [0.25, 0.3) is 99.2 Å². The lowest BCUT2D eigenvalue weighted by atomic mass is 9.94. The molecule has 3 heteroatoms. The number of hydrogen-bond donors (Lipinski definition) is 0. The molecule has 11 aromatic rings. The fourth-order valence-electron chi connectivity index (χ4n) is 8.39. The summed E-state index contributed by atoms with van der Waals surface area (Å²) in [7, 11) is 0. The van der Waals surface area contributed by atoms with Crippen molar-refractivity contribution in [3.63, 3.8) is 0 Å². The number of fused-ring (bicyclic) bond motifs is 10. The van der Waals surface area contributed by atoms with Gasteiger partial charge in [-0.1, -0.05) is 146 Å². The van der Waals surface area contributed by atoms with Gasteiger partial charge >= 0.3 is 0 Å². The summed E-state index contributed by atoms with van der Waals surface area (Å²) in [4.78, 5) is 0. The van der Waals surface area contributed by atoms with Gasteiger partial charge in [-0.25, -0.2) is 0 Å². The van der Waals surface area contributed by atoms with Gasteiger partial charge in [-0.15, -0.1) is 0 Å². The summed E-state index contributed by atoms with van der Waals surface area (Å²) in [5.74, 6) is 0. The average molecular weight is 651 g/mol. The maximum absolute atomic E-state index is 6.73. The zero-order valence-corrected chi connectivity index (χ0v) is 27.6. The molecule has 51 heavy (non-hydrogen) atoms. The van der Waals surface area contributed by atoms with Crippen molar-refractivity contribution in [3.8, 4) is 33.6 Å². The Hall–Kier alpha value is -6.84. The summed E-state index contributed by atoms with van der Waals surface area (Å²) in [6.45, 7) is 0. The Morgan fingerprint density at radius 1 is 0.333 bits per heavy atom. The molecule has 0 saturated heterocycles. The highest BCUT2D eigenvalue weighted by atomic mass is 16.3. The SMILES string of the molecule is c1ccc(-c2cccc(-c3ccccc3-n3c4ccccc4c4ccc5c6ccccc6oc5c43)c2-n2c3ccccc3c3ccccc32)cc1. The first-order valence-electron chi connectivity index (χ1n) is 17.5. The molecule has 11 rings (SSSR count). The van der Waals surface area contributed by atoms with Crippen LogP contribution in [0.4, 0.5) is 0 Å². The molecule has 0 saturated carbocycles. The number of hydrogen-bond acceptors (Lipinski definition) is 1. The van der Waals surface area contributed by atoms with E-state index < -0.39 is 0 Å². The summed E-state index contributed by atoms with van der Waals surface area (Å²) in [5.41, 5.74) is 13.3. The van der Waals surface area contributed by atoms with Crippen molar-refractivity contribution < 1.29 is 4.42 Å². The maximum Gasteiger partial charge on any atom is 0.160 e. The van der Waals surface area contributed by atoms with Crippen LogP contribution in [0.5, 0.6) is 0 Å². The van der Waals surface area contributed by atoms with Crippen LogP contribution in [-0.4, -0.2) is 9.13 Å². The van der Waals surface area contributed by atoms with E-state index in [1.54, 1.807) is 0 Å². The Morgan fingerprint density at radius 2 is 0.863 bits per heavy atom. The van der Waals surface area contributed by atoms with E-state index in [9.17, 15) is 0 Å². The van der Waals surface area contributed by atoms with E-state index in [2.05, 4.69) is 185 Å². The molecule has 8 aromatic carbocycles. The molecule has 0 atom stereocenters. The van der Waals surface area contributed by atoms with Crippen LogP contribution in [-0.2, 0) is 0 Å². The van der Waals surface area contributed by atoms with E-state index in [1.165, 1.54) is 43.7 Å². The van der Waals surface area contributed by atoms with Crippen LogP contribution < -0.4 is 0 Å². The van der Waals surface area contributed by atoms with Gasteiger partial charge in [-0.2, -0.15) is 0 Å². The van der Waals surface area contributed by atoms with Crippen LogP contribution >= 0.6 is 0 Å². The molecule has 0 bridgehead atoms. The average Bonchev–Trinajstić information content (AvgIpc) is 3.86.